The fourth-order valence-electron chi connectivity index (χ4n) is 4.39. The largest absolute Gasteiger partial charge is 0.475 e. The molecule has 1 atom stereocenters. The van der Waals surface area contributed by atoms with Gasteiger partial charge in [-0.05, 0) is 56.0 Å². The summed E-state index contributed by atoms with van der Waals surface area (Å²) < 4.78 is 38.4. The Bertz CT molecular complexity index is 1170. The Morgan fingerprint density at radius 3 is 2.45 bits per heavy atom. The summed E-state index contributed by atoms with van der Waals surface area (Å²) in [6.07, 6.45) is -0.0879. The summed E-state index contributed by atoms with van der Waals surface area (Å²) in [6, 6.07) is 12.5. The zero-order valence-electron chi connectivity index (χ0n) is 19.0. The number of sulfonamides is 1. The molecular formula is C24H28N2O6S. The summed E-state index contributed by atoms with van der Waals surface area (Å²) in [5, 5.41) is 0. The number of hydrogen-bond acceptors (Lipinski definition) is 6. The van der Waals surface area contributed by atoms with Crippen LogP contribution in [0, 0.1) is 19.8 Å². The summed E-state index contributed by atoms with van der Waals surface area (Å²) in [7, 11) is -2.35. The van der Waals surface area contributed by atoms with Crippen LogP contribution in [0.1, 0.15) is 24.0 Å². The zero-order valence-corrected chi connectivity index (χ0v) is 19.8. The van der Waals surface area contributed by atoms with Crippen molar-refractivity contribution in [1.29, 1.82) is 0 Å². The lowest BCUT2D eigenvalue weighted by molar-refractivity contribution is -0.148. The van der Waals surface area contributed by atoms with Crippen molar-refractivity contribution in [2.24, 2.45) is 5.92 Å². The molecule has 33 heavy (non-hydrogen) atoms. The highest BCUT2D eigenvalue weighted by atomic mass is 32.2. The number of nitrogens with zero attached hydrogens (tertiary/aromatic N) is 2. The number of hydrogen-bond donors (Lipinski definition) is 0. The van der Waals surface area contributed by atoms with Gasteiger partial charge in [-0.1, -0.05) is 24.3 Å². The van der Waals surface area contributed by atoms with Gasteiger partial charge in [-0.2, -0.15) is 4.31 Å². The Kier molecular flexibility index (Phi) is 6.45. The smallest absolute Gasteiger partial charge is 0.348 e. The minimum atomic E-state index is -3.63. The minimum Gasteiger partial charge on any atom is -0.475 e. The average molecular weight is 473 g/mol. The molecule has 0 aromatic heterocycles. The van der Waals surface area contributed by atoms with Crippen LogP contribution < -0.4 is 9.64 Å². The SMILES string of the molecule is COC(=O)C1CN(C(=O)C2CCN(S(=O)(=O)c3cc(C)ccc3C)CC2)c2ccccc2O1. The monoisotopic (exact) mass is 472 g/mol. The Morgan fingerprint density at radius 2 is 1.76 bits per heavy atom. The number of fused-ring (bicyclic) bond motifs is 1. The molecule has 1 amide bonds. The molecule has 2 heterocycles. The lowest BCUT2D eigenvalue weighted by Gasteiger charge is -2.37. The van der Waals surface area contributed by atoms with E-state index in [0.717, 1.165) is 5.56 Å². The molecule has 2 aromatic carbocycles. The molecule has 0 bridgehead atoms. The number of amides is 1. The van der Waals surface area contributed by atoms with Crippen molar-refractivity contribution >= 4 is 27.6 Å². The van der Waals surface area contributed by atoms with E-state index in [1.807, 2.05) is 19.1 Å². The Labute approximate surface area is 194 Å². The summed E-state index contributed by atoms with van der Waals surface area (Å²) in [5.41, 5.74) is 2.20. The normalized spacial score (nSPS) is 19.5. The van der Waals surface area contributed by atoms with Gasteiger partial charge in [0.15, 0.2) is 0 Å². The molecule has 176 valence electrons. The van der Waals surface area contributed by atoms with Crippen molar-refractivity contribution < 1.29 is 27.5 Å². The first-order chi connectivity index (χ1) is 15.7. The van der Waals surface area contributed by atoms with E-state index in [1.165, 1.54) is 11.4 Å². The number of carbonyl (C=O) groups is 2. The van der Waals surface area contributed by atoms with Gasteiger partial charge >= 0.3 is 5.97 Å². The number of para-hydroxylation sites is 2. The predicted molar refractivity (Wildman–Crippen MR) is 123 cm³/mol. The van der Waals surface area contributed by atoms with E-state index >= 15 is 0 Å². The number of piperidine rings is 1. The molecule has 2 aromatic rings. The Hall–Kier alpha value is -2.91. The second-order valence-electron chi connectivity index (χ2n) is 8.49. The standard InChI is InChI=1S/C24H28N2O6S/c1-16-8-9-17(2)22(14-16)33(29,30)25-12-10-18(11-13-25)23(27)26-15-21(24(28)31-3)32-20-7-5-4-6-19(20)26/h4-9,14,18,21H,10-13,15H2,1-3H3. The second kappa shape index (κ2) is 9.15. The van der Waals surface area contributed by atoms with Gasteiger partial charge in [-0.3, -0.25) is 4.79 Å². The number of benzene rings is 2. The molecule has 2 aliphatic rings. The lowest BCUT2D eigenvalue weighted by Crippen LogP contribution is -2.51. The van der Waals surface area contributed by atoms with Crippen molar-refractivity contribution in [1.82, 2.24) is 4.31 Å². The summed E-state index contributed by atoms with van der Waals surface area (Å²) in [6.45, 7) is 4.24. The van der Waals surface area contributed by atoms with E-state index in [4.69, 9.17) is 9.47 Å². The van der Waals surface area contributed by atoms with Crippen LogP contribution >= 0.6 is 0 Å². The van der Waals surface area contributed by atoms with E-state index in [1.54, 1.807) is 42.2 Å². The molecule has 0 N–H and O–H groups in total. The van der Waals surface area contributed by atoms with Gasteiger partial charge in [-0.25, -0.2) is 13.2 Å². The molecule has 1 fully saturated rings. The molecule has 0 aliphatic carbocycles. The summed E-state index contributed by atoms with van der Waals surface area (Å²) >= 11 is 0. The quantitative estimate of drug-likeness (QED) is 0.636. The van der Waals surface area contributed by atoms with Crippen LogP contribution in [0.3, 0.4) is 0 Å². The van der Waals surface area contributed by atoms with Crippen molar-refractivity contribution in [2.45, 2.75) is 37.7 Å². The van der Waals surface area contributed by atoms with Gasteiger partial charge in [0, 0.05) is 19.0 Å². The zero-order chi connectivity index (χ0) is 23.8. The Balaban J connectivity index is 1.50. The lowest BCUT2D eigenvalue weighted by atomic mass is 9.95. The van der Waals surface area contributed by atoms with Gasteiger partial charge in [0.25, 0.3) is 0 Å². The maximum Gasteiger partial charge on any atom is 0.348 e. The van der Waals surface area contributed by atoms with E-state index in [-0.39, 0.29) is 31.5 Å². The van der Waals surface area contributed by atoms with Gasteiger partial charge < -0.3 is 14.4 Å². The minimum absolute atomic E-state index is 0.0590. The number of esters is 1. The number of rotatable bonds is 4. The third kappa shape index (κ3) is 4.47. The van der Waals surface area contributed by atoms with Gasteiger partial charge in [-0.15, -0.1) is 0 Å². The average Bonchev–Trinajstić information content (AvgIpc) is 2.83. The first-order valence-corrected chi connectivity index (χ1v) is 12.4. The van der Waals surface area contributed by atoms with E-state index in [2.05, 4.69) is 0 Å². The van der Waals surface area contributed by atoms with Crippen LogP contribution in [-0.4, -0.2) is 57.4 Å². The number of anilines is 1. The van der Waals surface area contributed by atoms with Crippen LogP contribution in [0.2, 0.25) is 0 Å². The fraction of sp³-hybridized carbons (Fsp3) is 0.417. The molecule has 1 unspecified atom stereocenters. The molecule has 0 radical (unpaired) electrons. The molecule has 8 nitrogen and oxygen atoms in total. The highest BCUT2D eigenvalue weighted by Crippen LogP contribution is 2.36. The van der Waals surface area contributed by atoms with Gasteiger partial charge in [0.05, 0.1) is 24.2 Å². The van der Waals surface area contributed by atoms with E-state index in [0.29, 0.717) is 34.7 Å². The molecular weight excluding hydrogens is 444 g/mol. The second-order valence-corrected chi connectivity index (χ2v) is 10.4. The number of aryl methyl sites for hydroxylation is 2. The maximum atomic E-state index is 13.4. The van der Waals surface area contributed by atoms with Crippen molar-refractivity contribution in [3.05, 3.63) is 53.6 Å². The predicted octanol–water partition coefficient (Wildman–Crippen LogP) is 2.67. The van der Waals surface area contributed by atoms with Crippen molar-refractivity contribution in [3.63, 3.8) is 0 Å². The third-order valence-corrected chi connectivity index (χ3v) is 8.31. The first kappa shape index (κ1) is 23.3. The summed E-state index contributed by atoms with van der Waals surface area (Å²) in [4.78, 5) is 27.4. The molecule has 0 spiro atoms. The molecule has 0 saturated carbocycles. The van der Waals surface area contributed by atoms with E-state index < -0.39 is 22.1 Å². The van der Waals surface area contributed by atoms with Crippen molar-refractivity contribution in [2.75, 3.05) is 31.6 Å². The first-order valence-electron chi connectivity index (χ1n) is 10.9. The van der Waals surface area contributed by atoms with Crippen molar-refractivity contribution in [3.8, 4) is 5.75 Å². The van der Waals surface area contributed by atoms with Crippen LogP contribution in [0.5, 0.6) is 5.75 Å². The van der Waals surface area contributed by atoms with E-state index in [9.17, 15) is 18.0 Å². The molecule has 4 rings (SSSR count). The summed E-state index contributed by atoms with van der Waals surface area (Å²) in [5.74, 6) is -0.581. The van der Waals surface area contributed by atoms with Gasteiger partial charge in [0.2, 0.25) is 22.0 Å². The molecule has 2 aliphatic heterocycles. The molecule has 1 saturated heterocycles. The van der Waals surface area contributed by atoms with Crippen LogP contribution in [0.25, 0.3) is 0 Å². The highest BCUT2D eigenvalue weighted by molar-refractivity contribution is 7.89. The number of ether oxygens (including phenoxy) is 2. The third-order valence-electron chi connectivity index (χ3n) is 6.27. The fourth-order valence-corrected chi connectivity index (χ4v) is 6.16. The van der Waals surface area contributed by atoms with Crippen LogP contribution in [-0.2, 0) is 24.3 Å². The van der Waals surface area contributed by atoms with Crippen LogP contribution in [0.4, 0.5) is 5.69 Å². The number of carbonyl (C=O) groups excluding carboxylic acids is 2. The molecule has 9 heteroatoms. The van der Waals surface area contributed by atoms with Gasteiger partial charge in [0.1, 0.15) is 5.75 Å². The number of methoxy groups -OCH3 is 1. The van der Waals surface area contributed by atoms with Crippen LogP contribution in [0.15, 0.2) is 47.4 Å². The Morgan fingerprint density at radius 1 is 1.06 bits per heavy atom. The highest BCUT2D eigenvalue weighted by Gasteiger charge is 2.39. The topological polar surface area (TPSA) is 93.2 Å². The maximum absolute atomic E-state index is 13.4.